The number of aliphatic hydroxyl groups excluding tert-OH is 1. The molecule has 1 aromatic heterocycles. The topological polar surface area (TPSA) is 143 Å². The van der Waals surface area contributed by atoms with Gasteiger partial charge in [0.15, 0.2) is 0 Å². The molecule has 7 atom stereocenters. The van der Waals surface area contributed by atoms with Gasteiger partial charge in [-0.3, -0.25) is 4.79 Å². The number of aliphatic hydroxyl groups is 1. The van der Waals surface area contributed by atoms with Crippen molar-refractivity contribution >= 4 is 33.2 Å². The van der Waals surface area contributed by atoms with Gasteiger partial charge in [-0.05, 0) is 104 Å². The number of allylic oxidation sites excluding steroid dienone is 1. The van der Waals surface area contributed by atoms with Crippen molar-refractivity contribution < 1.29 is 32.2 Å². The van der Waals surface area contributed by atoms with Gasteiger partial charge >= 0.3 is 0 Å². The quantitative estimate of drug-likeness (QED) is 0.275. The number of nitrogens with one attached hydrogen (secondary N) is 2. The first-order valence-corrected chi connectivity index (χ1v) is 20.2. The summed E-state index contributed by atoms with van der Waals surface area (Å²) in [4.78, 5) is 20.1. The fraction of sp³-hybridized carbons (Fsp3) is 0.538. The molecule has 3 heterocycles. The maximum Gasteiger partial charge on any atom is 0.223 e. The summed E-state index contributed by atoms with van der Waals surface area (Å²) in [6.07, 6.45) is 10.7. The Hall–Kier alpha value is -3.42. The lowest BCUT2D eigenvalue weighted by atomic mass is 9.62. The van der Waals surface area contributed by atoms with Crippen LogP contribution in [-0.4, -0.2) is 62.1 Å². The molecule has 1 saturated carbocycles. The molecule has 3 N–H and O–H groups in total. The van der Waals surface area contributed by atoms with Crippen LogP contribution in [0.1, 0.15) is 81.2 Å². The zero-order valence-corrected chi connectivity index (χ0v) is 31.6. The lowest BCUT2D eigenvalue weighted by molar-refractivity contribution is -0.133. The van der Waals surface area contributed by atoms with Crippen LogP contribution in [0.4, 0.5) is 5.69 Å². The average molecular weight is 753 g/mol. The van der Waals surface area contributed by atoms with Crippen molar-refractivity contribution in [3.8, 4) is 5.75 Å². The highest BCUT2D eigenvalue weighted by atomic mass is 35.5. The van der Waals surface area contributed by atoms with Gasteiger partial charge in [0, 0.05) is 30.6 Å². The largest absolute Gasteiger partial charge is 0.490 e. The minimum atomic E-state index is -3.93. The van der Waals surface area contributed by atoms with Gasteiger partial charge in [0.25, 0.3) is 0 Å². The van der Waals surface area contributed by atoms with Crippen molar-refractivity contribution in [1.82, 2.24) is 15.0 Å². The molecule has 280 valence electrons. The molecular formula is C39H49ClN4O7S. The molecule has 52 heavy (non-hydrogen) atoms. The average Bonchev–Trinajstić information content (AvgIpc) is 3.58. The van der Waals surface area contributed by atoms with E-state index in [2.05, 4.69) is 32.1 Å². The second-order valence-electron chi connectivity index (χ2n) is 15.2. The zero-order chi connectivity index (χ0) is 36.7. The summed E-state index contributed by atoms with van der Waals surface area (Å²) < 4.78 is 48.1. The first-order valence-electron chi connectivity index (χ1n) is 18.3. The molecule has 2 aromatic carbocycles. The van der Waals surface area contributed by atoms with E-state index in [1.54, 1.807) is 26.3 Å². The minimum Gasteiger partial charge on any atom is -0.490 e. The maximum absolute atomic E-state index is 13.6. The smallest absolute Gasteiger partial charge is 0.223 e. The molecule has 13 heteroatoms. The highest BCUT2D eigenvalue weighted by molar-refractivity contribution is 7.90. The number of rotatable bonds is 5. The fourth-order valence-corrected chi connectivity index (χ4v) is 10.3. The van der Waals surface area contributed by atoms with Gasteiger partial charge in [-0.1, -0.05) is 42.8 Å². The second-order valence-corrected chi connectivity index (χ2v) is 17.7. The molecule has 2 aliphatic heterocycles. The number of nitrogens with zero attached hydrogens (tertiary/aromatic N) is 2. The Morgan fingerprint density at radius 1 is 1.21 bits per heavy atom. The SMILES string of the molecule is CO[C@@]1(CC(=O)NCc2ncco2)/C=C/C[C@H](C)[C@@H](C)S(=O)(=O)NC(O)c2ccc3c(c2)N(C[C@@H]2CC[C@H]21)C[C@@]1(CCCc2cc(Cl)ccc21)CO3. The predicted molar refractivity (Wildman–Crippen MR) is 199 cm³/mol. The molecule has 0 saturated heterocycles. The van der Waals surface area contributed by atoms with Crippen LogP contribution < -0.4 is 19.7 Å². The fourth-order valence-electron chi connectivity index (χ4n) is 8.76. The number of amides is 1. The number of methoxy groups -OCH3 is 1. The molecule has 1 fully saturated rings. The number of benzene rings is 2. The first-order chi connectivity index (χ1) is 24.9. The molecule has 2 aliphatic carbocycles. The van der Waals surface area contributed by atoms with Crippen LogP contribution in [0.2, 0.25) is 5.02 Å². The van der Waals surface area contributed by atoms with E-state index in [9.17, 15) is 18.3 Å². The van der Waals surface area contributed by atoms with Gasteiger partial charge in [-0.25, -0.2) is 13.4 Å². The van der Waals surface area contributed by atoms with E-state index in [0.29, 0.717) is 48.3 Å². The Balaban J connectivity index is 1.29. The number of hydrogen-bond acceptors (Lipinski definition) is 9. The number of hydrogen-bond donors (Lipinski definition) is 3. The van der Waals surface area contributed by atoms with Gasteiger partial charge < -0.3 is 29.2 Å². The lowest BCUT2D eigenvalue weighted by Gasteiger charge is -2.50. The minimum absolute atomic E-state index is 0.00191. The van der Waals surface area contributed by atoms with E-state index in [1.165, 1.54) is 17.4 Å². The Morgan fingerprint density at radius 2 is 2.06 bits per heavy atom. The molecule has 1 amide bonds. The molecular weight excluding hydrogens is 704 g/mol. The molecule has 0 radical (unpaired) electrons. The molecule has 4 aliphatic rings. The van der Waals surface area contributed by atoms with Crippen molar-refractivity contribution in [2.24, 2.45) is 17.8 Å². The summed E-state index contributed by atoms with van der Waals surface area (Å²) in [5.41, 5.74) is 2.46. The number of aromatic nitrogens is 1. The zero-order valence-electron chi connectivity index (χ0n) is 30.0. The van der Waals surface area contributed by atoms with E-state index in [-0.39, 0.29) is 42.0 Å². The number of carbonyl (C=O) groups is 1. The summed E-state index contributed by atoms with van der Waals surface area (Å²) in [6, 6.07) is 11.6. The van der Waals surface area contributed by atoms with E-state index in [4.69, 9.17) is 25.5 Å². The molecule has 11 nitrogen and oxygen atoms in total. The highest BCUT2D eigenvalue weighted by Crippen LogP contribution is 2.50. The molecule has 3 aromatic rings. The number of carbonyl (C=O) groups excluding carboxylic acids is 1. The van der Waals surface area contributed by atoms with Crippen molar-refractivity contribution in [2.75, 3.05) is 31.7 Å². The standard InChI is InChI=1S/C39H49ClN4O7S/c1-25-6-4-15-39(49-3,20-35(45)42-21-36-41-16-17-50-36)32-11-8-29(32)22-44-23-38(14-5-7-27-18-30(40)10-12-31(27)38)24-51-34-13-9-28(19-33(34)44)37(46)43-52(47,48)26(25)2/h4,9-10,12-13,15-19,25-26,29,32,37,43,46H,5-8,11,14,20-24H2,1-3H3,(H,42,45)/b15-4+/t25-,26+,29-,32+,37?,38-,39+/m0/s1. The van der Waals surface area contributed by atoms with Gasteiger partial charge in [-0.15, -0.1) is 0 Å². The summed E-state index contributed by atoms with van der Waals surface area (Å²) in [5.74, 6) is 0.777. The molecule has 2 bridgehead atoms. The summed E-state index contributed by atoms with van der Waals surface area (Å²) >= 11 is 6.47. The number of halogens is 1. The Labute approximate surface area is 311 Å². The van der Waals surface area contributed by atoms with Gasteiger partial charge in [0.2, 0.25) is 21.8 Å². The number of anilines is 1. The van der Waals surface area contributed by atoms with Gasteiger partial charge in [0.05, 0.1) is 42.3 Å². The van der Waals surface area contributed by atoms with Crippen molar-refractivity contribution in [3.63, 3.8) is 0 Å². The number of sulfonamides is 1. The number of ether oxygens (including phenoxy) is 2. The van der Waals surface area contributed by atoms with E-state index >= 15 is 0 Å². The molecule has 7 rings (SSSR count). The van der Waals surface area contributed by atoms with Gasteiger partial charge in [-0.2, -0.15) is 4.72 Å². The van der Waals surface area contributed by atoms with Crippen LogP contribution in [0.3, 0.4) is 0 Å². The van der Waals surface area contributed by atoms with Crippen molar-refractivity contribution in [2.45, 2.75) is 87.8 Å². The number of aryl methyl sites for hydroxylation is 1. The van der Waals surface area contributed by atoms with Crippen LogP contribution in [0.5, 0.6) is 5.75 Å². The van der Waals surface area contributed by atoms with Crippen LogP contribution in [0.15, 0.2) is 65.4 Å². The molecule has 1 spiro atoms. The van der Waals surface area contributed by atoms with Crippen molar-refractivity contribution in [3.05, 3.63) is 88.6 Å². The highest BCUT2D eigenvalue weighted by Gasteiger charge is 2.50. The third-order valence-corrected chi connectivity index (χ3v) is 14.3. The Kier molecular flexibility index (Phi) is 10.5. The maximum atomic E-state index is 13.6. The van der Waals surface area contributed by atoms with Crippen LogP contribution >= 0.6 is 11.6 Å². The summed E-state index contributed by atoms with van der Waals surface area (Å²) in [7, 11) is -2.27. The summed E-state index contributed by atoms with van der Waals surface area (Å²) in [6.45, 7) is 5.47. The third-order valence-electron chi connectivity index (χ3n) is 12.1. The molecule has 1 unspecified atom stereocenters. The van der Waals surface area contributed by atoms with Crippen molar-refractivity contribution in [1.29, 1.82) is 0 Å². The second kappa shape index (κ2) is 14.8. The Bertz CT molecular complexity index is 1910. The third kappa shape index (κ3) is 7.24. The normalized spacial score (nSPS) is 32.0. The number of fused-ring (bicyclic) bond motifs is 4. The van der Waals surface area contributed by atoms with Crippen LogP contribution in [-0.2, 0) is 37.9 Å². The van der Waals surface area contributed by atoms with E-state index in [0.717, 1.165) is 37.8 Å². The summed E-state index contributed by atoms with van der Waals surface area (Å²) in [5, 5.41) is 14.2. The van der Waals surface area contributed by atoms with Crippen LogP contribution in [0.25, 0.3) is 0 Å². The van der Waals surface area contributed by atoms with Crippen LogP contribution in [0, 0.1) is 17.8 Å². The van der Waals surface area contributed by atoms with E-state index < -0.39 is 27.1 Å². The monoisotopic (exact) mass is 752 g/mol. The van der Waals surface area contributed by atoms with Gasteiger partial charge in [0.1, 0.15) is 18.2 Å². The number of oxazole rings is 1. The van der Waals surface area contributed by atoms with E-state index in [1.807, 2.05) is 37.3 Å². The first kappa shape index (κ1) is 36.9. The predicted octanol–water partition coefficient (Wildman–Crippen LogP) is 5.81. The Morgan fingerprint density at radius 3 is 2.81 bits per heavy atom. The lowest BCUT2D eigenvalue weighted by Crippen LogP contribution is -2.54.